The first-order valence-corrected chi connectivity index (χ1v) is 7.08. The van der Waals surface area contributed by atoms with Crippen LogP contribution in [0.2, 0.25) is 5.02 Å². The van der Waals surface area contributed by atoms with E-state index >= 15 is 0 Å². The molecule has 4 nitrogen and oxygen atoms in total. The van der Waals surface area contributed by atoms with Crippen LogP contribution in [0, 0.1) is 0 Å². The van der Waals surface area contributed by atoms with Crippen molar-refractivity contribution in [1.82, 2.24) is 9.78 Å². The van der Waals surface area contributed by atoms with Crippen LogP contribution >= 0.6 is 27.5 Å². The highest BCUT2D eigenvalue weighted by Gasteiger charge is 2.13. The fraction of sp³-hybridized carbons (Fsp3) is 0.308. The molecule has 102 valence electrons. The van der Waals surface area contributed by atoms with Gasteiger partial charge in [-0.1, -0.05) is 18.5 Å². The number of aryl methyl sites for hydroxylation is 2. The minimum atomic E-state index is 0.421. The first-order chi connectivity index (χ1) is 9.02. The lowest BCUT2D eigenvalue weighted by Crippen LogP contribution is -2.03. The lowest BCUT2D eigenvalue weighted by molar-refractivity contribution is 0.294. The van der Waals surface area contributed by atoms with E-state index in [9.17, 15) is 0 Å². The van der Waals surface area contributed by atoms with Gasteiger partial charge in [-0.2, -0.15) is 5.10 Å². The highest BCUT2D eigenvalue weighted by atomic mass is 79.9. The van der Waals surface area contributed by atoms with E-state index in [1.807, 2.05) is 11.7 Å². The minimum Gasteiger partial charge on any atom is -0.487 e. The van der Waals surface area contributed by atoms with Gasteiger partial charge in [0.05, 0.1) is 26.6 Å². The second-order valence-corrected chi connectivity index (χ2v) is 5.36. The molecule has 0 amide bonds. The Labute approximate surface area is 125 Å². The van der Waals surface area contributed by atoms with Crippen molar-refractivity contribution in [2.24, 2.45) is 7.05 Å². The van der Waals surface area contributed by atoms with Crippen LogP contribution < -0.4 is 10.5 Å². The van der Waals surface area contributed by atoms with Gasteiger partial charge in [0.1, 0.15) is 12.4 Å². The van der Waals surface area contributed by atoms with Gasteiger partial charge in [0, 0.05) is 13.1 Å². The van der Waals surface area contributed by atoms with E-state index in [4.69, 9.17) is 22.1 Å². The van der Waals surface area contributed by atoms with Crippen LogP contribution in [0.3, 0.4) is 0 Å². The summed E-state index contributed by atoms with van der Waals surface area (Å²) in [6.45, 7) is 2.49. The van der Waals surface area contributed by atoms with E-state index in [0.29, 0.717) is 23.1 Å². The quantitative estimate of drug-likeness (QED) is 0.863. The number of nitrogens with two attached hydrogens (primary N) is 1. The third kappa shape index (κ3) is 3.04. The summed E-state index contributed by atoms with van der Waals surface area (Å²) in [5, 5.41) is 4.91. The van der Waals surface area contributed by atoms with E-state index in [0.717, 1.165) is 22.3 Å². The molecule has 19 heavy (non-hydrogen) atoms. The highest BCUT2D eigenvalue weighted by Crippen LogP contribution is 2.26. The number of rotatable bonds is 4. The second-order valence-electron chi connectivity index (χ2n) is 4.16. The molecular weight excluding hydrogens is 330 g/mol. The van der Waals surface area contributed by atoms with Crippen LogP contribution in [-0.4, -0.2) is 9.78 Å². The normalized spacial score (nSPS) is 10.7. The number of nitrogens with zero attached hydrogens (tertiary/aromatic N) is 2. The van der Waals surface area contributed by atoms with Gasteiger partial charge in [0.15, 0.2) is 0 Å². The summed E-state index contributed by atoms with van der Waals surface area (Å²) in [4.78, 5) is 0. The molecule has 0 atom stereocenters. The molecule has 0 unspecified atom stereocenters. The van der Waals surface area contributed by atoms with Gasteiger partial charge in [-0.05, 0) is 34.5 Å². The van der Waals surface area contributed by atoms with Crippen molar-refractivity contribution in [3.63, 3.8) is 0 Å². The molecule has 0 aliphatic carbocycles. The Balaban J connectivity index is 2.14. The molecule has 2 aromatic rings. The molecule has 0 fully saturated rings. The summed E-state index contributed by atoms with van der Waals surface area (Å²) in [6.07, 6.45) is 0.877. The molecule has 6 heteroatoms. The monoisotopic (exact) mass is 343 g/mol. The zero-order valence-electron chi connectivity index (χ0n) is 10.8. The second kappa shape index (κ2) is 5.84. The average molecular weight is 345 g/mol. The van der Waals surface area contributed by atoms with Gasteiger partial charge < -0.3 is 10.5 Å². The van der Waals surface area contributed by atoms with Crippen molar-refractivity contribution in [2.45, 2.75) is 20.0 Å². The van der Waals surface area contributed by atoms with Crippen molar-refractivity contribution in [2.75, 3.05) is 5.73 Å². The Morgan fingerprint density at radius 3 is 2.79 bits per heavy atom. The summed E-state index contributed by atoms with van der Waals surface area (Å²) >= 11 is 9.51. The van der Waals surface area contributed by atoms with Crippen molar-refractivity contribution >= 4 is 33.2 Å². The van der Waals surface area contributed by atoms with Gasteiger partial charge in [-0.3, -0.25) is 4.68 Å². The lowest BCUT2D eigenvalue weighted by Gasteiger charge is -2.08. The third-order valence-corrected chi connectivity index (χ3v) is 4.09. The lowest BCUT2D eigenvalue weighted by atomic mass is 10.3. The van der Waals surface area contributed by atoms with E-state index in [-0.39, 0.29) is 0 Å². The van der Waals surface area contributed by atoms with E-state index in [1.54, 1.807) is 18.2 Å². The van der Waals surface area contributed by atoms with Gasteiger partial charge >= 0.3 is 0 Å². The van der Waals surface area contributed by atoms with Crippen LogP contribution in [0.1, 0.15) is 18.3 Å². The van der Waals surface area contributed by atoms with Crippen molar-refractivity contribution in [3.05, 3.63) is 39.1 Å². The predicted molar refractivity (Wildman–Crippen MR) is 80.5 cm³/mol. The first kappa shape index (κ1) is 14.2. The zero-order chi connectivity index (χ0) is 14.0. The maximum atomic E-state index is 5.95. The van der Waals surface area contributed by atoms with Crippen LogP contribution in [0.25, 0.3) is 0 Å². The number of anilines is 1. The Morgan fingerprint density at radius 2 is 2.21 bits per heavy atom. The topological polar surface area (TPSA) is 53.1 Å². The maximum absolute atomic E-state index is 5.95. The molecule has 0 radical (unpaired) electrons. The van der Waals surface area contributed by atoms with Crippen LogP contribution in [0.4, 0.5) is 5.69 Å². The largest absolute Gasteiger partial charge is 0.487 e. The Bertz CT molecular complexity index is 598. The summed E-state index contributed by atoms with van der Waals surface area (Å²) in [5.74, 6) is 0.686. The SMILES string of the molecule is CCc1nn(C)c(COc2ccc(N)c(Cl)c2)c1Br. The summed E-state index contributed by atoms with van der Waals surface area (Å²) in [6, 6.07) is 5.24. The number of hydrogen-bond acceptors (Lipinski definition) is 3. The van der Waals surface area contributed by atoms with Gasteiger partial charge in [-0.25, -0.2) is 0 Å². The molecule has 0 bridgehead atoms. The van der Waals surface area contributed by atoms with Gasteiger partial charge in [0.25, 0.3) is 0 Å². The summed E-state index contributed by atoms with van der Waals surface area (Å²) in [7, 11) is 1.90. The summed E-state index contributed by atoms with van der Waals surface area (Å²) < 4.78 is 8.54. The molecule has 0 saturated heterocycles. The number of aromatic nitrogens is 2. The molecule has 0 aliphatic heterocycles. The van der Waals surface area contributed by atoms with Gasteiger partial charge in [0.2, 0.25) is 0 Å². The Morgan fingerprint density at radius 1 is 1.47 bits per heavy atom. The van der Waals surface area contributed by atoms with Crippen molar-refractivity contribution in [3.8, 4) is 5.75 Å². The number of ether oxygens (including phenoxy) is 1. The summed E-state index contributed by atoms with van der Waals surface area (Å²) in [5.41, 5.74) is 8.22. The number of hydrogen-bond donors (Lipinski definition) is 1. The molecule has 0 spiro atoms. The van der Waals surface area contributed by atoms with Crippen molar-refractivity contribution in [1.29, 1.82) is 0 Å². The number of benzene rings is 1. The third-order valence-electron chi connectivity index (χ3n) is 2.85. The zero-order valence-corrected chi connectivity index (χ0v) is 13.1. The minimum absolute atomic E-state index is 0.421. The Hall–Kier alpha value is -1.20. The molecule has 2 rings (SSSR count). The fourth-order valence-corrected chi connectivity index (χ4v) is 2.63. The smallest absolute Gasteiger partial charge is 0.131 e. The molecule has 0 saturated carbocycles. The van der Waals surface area contributed by atoms with Crippen LogP contribution in [0.15, 0.2) is 22.7 Å². The Kier molecular flexibility index (Phi) is 4.37. The van der Waals surface area contributed by atoms with E-state index < -0.39 is 0 Å². The molecule has 1 aromatic heterocycles. The van der Waals surface area contributed by atoms with Crippen molar-refractivity contribution < 1.29 is 4.74 Å². The molecule has 2 N–H and O–H groups in total. The van der Waals surface area contributed by atoms with E-state index in [1.165, 1.54) is 0 Å². The number of halogens is 2. The predicted octanol–water partition coefficient (Wildman–Crippen LogP) is 3.56. The first-order valence-electron chi connectivity index (χ1n) is 5.91. The van der Waals surface area contributed by atoms with Crippen LogP contribution in [0.5, 0.6) is 5.75 Å². The fourth-order valence-electron chi connectivity index (χ4n) is 1.73. The number of nitrogen functional groups attached to an aromatic ring is 1. The van der Waals surface area contributed by atoms with E-state index in [2.05, 4.69) is 28.0 Å². The molecular formula is C13H15BrClN3O. The van der Waals surface area contributed by atoms with Crippen LogP contribution in [-0.2, 0) is 20.1 Å². The maximum Gasteiger partial charge on any atom is 0.131 e. The molecule has 0 aliphatic rings. The molecule has 1 heterocycles. The highest BCUT2D eigenvalue weighted by molar-refractivity contribution is 9.10. The standard InChI is InChI=1S/C13H15BrClN3O/c1-3-11-13(14)12(18(2)17-11)7-19-8-4-5-10(16)9(15)6-8/h4-6H,3,7,16H2,1-2H3. The average Bonchev–Trinajstić information content (AvgIpc) is 2.66. The molecule has 1 aromatic carbocycles. The van der Waals surface area contributed by atoms with Gasteiger partial charge in [-0.15, -0.1) is 0 Å².